The molecule has 0 bridgehead atoms. The number of amides is 3. The Labute approximate surface area is 178 Å². The molecular weight excluding hydrogens is 400 g/mol. The molecule has 1 atom stereocenters. The first kappa shape index (κ1) is 20.2. The number of carbonyl (C=O) groups excluding carboxylic acids is 3. The Bertz CT molecular complexity index is 1100. The maximum atomic E-state index is 13.2. The number of carbonyl (C=O) groups is 3. The van der Waals surface area contributed by atoms with Gasteiger partial charge in [-0.3, -0.25) is 14.4 Å². The molecule has 0 radical (unpaired) electrons. The summed E-state index contributed by atoms with van der Waals surface area (Å²) in [5, 5.41) is 8.43. The van der Waals surface area contributed by atoms with Crippen molar-refractivity contribution in [2.45, 2.75) is 32.5 Å². The van der Waals surface area contributed by atoms with Crippen LogP contribution < -0.4 is 10.6 Å². The molecule has 0 spiro atoms. The third kappa shape index (κ3) is 3.47. The zero-order valence-electron chi connectivity index (χ0n) is 17.0. The molecule has 0 saturated carbocycles. The molecule has 3 amide bonds. The van der Waals surface area contributed by atoms with Gasteiger partial charge < -0.3 is 20.1 Å². The summed E-state index contributed by atoms with van der Waals surface area (Å²) in [5.74, 6) is -0.787. The summed E-state index contributed by atoms with van der Waals surface area (Å²) < 4.78 is 1.90. The zero-order chi connectivity index (χ0) is 21.3. The standard InChI is InChI=1S/C22H24N4O3S/c1-3-26-20(28)18-11-15-7-4-5-9-17(15)25(18)14-22(26,2)21(29)24-13-19(27)23-12-16-8-6-10-30-16/h4-11H,3,12-14H2,1-2H3,(H,23,27)(H,24,29)/t22-/m1/s1. The molecule has 1 aromatic carbocycles. The molecule has 3 heterocycles. The molecule has 1 aliphatic rings. The monoisotopic (exact) mass is 424 g/mol. The number of aromatic nitrogens is 1. The van der Waals surface area contributed by atoms with E-state index in [0.29, 0.717) is 25.3 Å². The van der Waals surface area contributed by atoms with Gasteiger partial charge in [0.05, 0.1) is 19.6 Å². The second-order valence-corrected chi connectivity index (χ2v) is 8.57. The summed E-state index contributed by atoms with van der Waals surface area (Å²) in [7, 11) is 0. The number of para-hydroxylation sites is 1. The molecule has 1 aliphatic heterocycles. The molecule has 7 nitrogen and oxygen atoms in total. The molecule has 2 N–H and O–H groups in total. The molecule has 0 fully saturated rings. The average molecular weight is 425 g/mol. The highest BCUT2D eigenvalue weighted by Gasteiger charge is 2.46. The number of hydrogen-bond acceptors (Lipinski definition) is 4. The number of rotatable bonds is 6. The van der Waals surface area contributed by atoms with Crippen LogP contribution in [0.15, 0.2) is 47.8 Å². The number of hydrogen-bond donors (Lipinski definition) is 2. The molecule has 156 valence electrons. The van der Waals surface area contributed by atoms with Gasteiger partial charge in [0.15, 0.2) is 0 Å². The Kier molecular flexibility index (Phi) is 5.34. The minimum Gasteiger partial charge on any atom is -0.350 e. The van der Waals surface area contributed by atoms with Gasteiger partial charge in [-0.25, -0.2) is 0 Å². The molecule has 2 aromatic heterocycles. The summed E-state index contributed by atoms with van der Waals surface area (Å²) >= 11 is 1.56. The van der Waals surface area contributed by atoms with Crippen LogP contribution in [0.1, 0.15) is 29.2 Å². The maximum absolute atomic E-state index is 13.2. The van der Waals surface area contributed by atoms with Crippen LogP contribution in [-0.4, -0.2) is 45.8 Å². The van der Waals surface area contributed by atoms with Gasteiger partial charge in [-0.05, 0) is 37.4 Å². The van der Waals surface area contributed by atoms with Gasteiger partial charge in [0.25, 0.3) is 5.91 Å². The molecule has 0 saturated heterocycles. The van der Waals surface area contributed by atoms with Gasteiger partial charge in [-0.1, -0.05) is 24.3 Å². The van der Waals surface area contributed by atoms with Crippen LogP contribution in [0.25, 0.3) is 10.9 Å². The van der Waals surface area contributed by atoms with Gasteiger partial charge in [-0.15, -0.1) is 11.3 Å². The predicted molar refractivity (Wildman–Crippen MR) is 116 cm³/mol. The van der Waals surface area contributed by atoms with Crippen molar-refractivity contribution >= 4 is 40.0 Å². The van der Waals surface area contributed by atoms with Crippen LogP contribution in [0.3, 0.4) is 0 Å². The van der Waals surface area contributed by atoms with Crippen LogP contribution >= 0.6 is 11.3 Å². The van der Waals surface area contributed by atoms with Crippen molar-refractivity contribution < 1.29 is 14.4 Å². The van der Waals surface area contributed by atoms with Gasteiger partial charge >= 0.3 is 0 Å². The largest absolute Gasteiger partial charge is 0.350 e. The van der Waals surface area contributed by atoms with E-state index in [1.807, 2.05) is 59.3 Å². The number of nitrogens with zero attached hydrogens (tertiary/aromatic N) is 2. The first-order chi connectivity index (χ1) is 14.4. The minimum absolute atomic E-state index is 0.134. The first-order valence-electron chi connectivity index (χ1n) is 9.91. The SMILES string of the molecule is CCN1C(=O)c2cc3ccccc3n2C[C@]1(C)C(=O)NCC(=O)NCc1cccs1. The lowest BCUT2D eigenvalue weighted by Gasteiger charge is -2.43. The fraction of sp³-hybridized carbons (Fsp3) is 0.318. The molecule has 0 unspecified atom stereocenters. The van der Waals surface area contributed by atoms with E-state index >= 15 is 0 Å². The number of fused-ring (bicyclic) bond motifs is 3. The van der Waals surface area contributed by atoms with Crippen LogP contribution in [0.5, 0.6) is 0 Å². The summed E-state index contributed by atoms with van der Waals surface area (Å²) in [6, 6.07) is 13.5. The zero-order valence-corrected chi connectivity index (χ0v) is 17.8. The fourth-order valence-corrected chi connectivity index (χ4v) is 4.66. The Morgan fingerprint density at radius 1 is 1.17 bits per heavy atom. The van der Waals surface area contributed by atoms with E-state index in [9.17, 15) is 14.4 Å². The van der Waals surface area contributed by atoms with E-state index in [0.717, 1.165) is 15.8 Å². The van der Waals surface area contributed by atoms with E-state index < -0.39 is 5.54 Å². The van der Waals surface area contributed by atoms with Gasteiger partial charge in [-0.2, -0.15) is 0 Å². The minimum atomic E-state index is -1.09. The second-order valence-electron chi connectivity index (χ2n) is 7.54. The molecule has 8 heteroatoms. The van der Waals surface area contributed by atoms with E-state index in [4.69, 9.17) is 0 Å². The van der Waals surface area contributed by atoms with Crippen molar-refractivity contribution in [2.24, 2.45) is 0 Å². The molecular formula is C22H24N4O3S. The molecule has 4 rings (SSSR count). The summed E-state index contributed by atoms with van der Waals surface area (Å²) in [4.78, 5) is 41.1. The topological polar surface area (TPSA) is 83.4 Å². The lowest BCUT2D eigenvalue weighted by Crippen LogP contribution is -2.64. The van der Waals surface area contributed by atoms with Crippen LogP contribution in [-0.2, 0) is 22.7 Å². The summed E-state index contributed by atoms with van der Waals surface area (Å²) in [6.45, 7) is 4.64. The van der Waals surface area contributed by atoms with Crippen molar-refractivity contribution in [2.75, 3.05) is 13.1 Å². The van der Waals surface area contributed by atoms with E-state index in [2.05, 4.69) is 10.6 Å². The smallest absolute Gasteiger partial charge is 0.271 e. The average Bonchev–Trinajstić information content (AvgIpc) is 3.39. The van der Waals surface area contributed by atoms with Gasteiger partial charge in [0.2, 0.25) is 11.8 Å². The number of thiophene rings is 1. The molecule has 3 aromatic rings. The number of likely N-dealkylation sites (N-methyl/N-ethyl adjacent to an activating group) is 1. The molecule has 0 aliphatic carbocycles. The van der Waals surface area contributed by atoms with Crippen LogP contribution in [0.4, 0.5) is 0 Å². The third-order valence-electron chi connectivity index (χ3n) is 5.59. The Balaban J connectivity index is 1.50. The highest BCUT2D eigenvalue weighted by Crippen LogP contribution is 2.32. The van der Waals surface area contributed by atoms with Crippen molar-refractivity contribution in [3.63, 3.8) is 0 Å². The Morgan fingerprint density at radius 3 is 2.70 bits per heavy atom. The van der Waals surface area contributed by atoms with Gasteiger partial charge in [0, 0.05) is 22.3 Å². The van der Waals surface area contributed by atoms with Crippen molar-refractivity contribution in [1.29, 1.82) is 0 Å². The normalized spacial score (nSPS) is 18.3. The Hall–Kier alpha value is -3.13. The van der Waals surface area contributed by atoms with Crippen LogP contribution in [0, 0.1) is 0 Å². The number of nitrogens with one attached hydrogen (secondary N) is 2. The summed E-state index contributed by atoms with van der Waals surface area (Å²) in [5.41, 5.74) is 0.413. The highest BCUT2D eigenvalue weighted by atomic mass is 32.1. The lowest BCUT2D eigenvalue weighted by atomic mass is 9.95. The first-order valence-corrected chi connectivity index (χ1v) is 10.8. The van der Waals surface area contributed by atoms with Crippen molar-refractivity contribution in [1.82, 2.24) is 20.1 Å². The number of benzene rings is 1. The highest BCUT2D eigenvalue weighted by molar-refractivity contribution is 7.09. The van der Waals surface area contributed by atoms with E-state index in [1.165, 1.54) is 0 Å². The van der Waals surface area contributed by atoms with E-state index in [1.54, 1.807) is 23.2 Å². The maximum Gasteiger partial charge on any atom is 0.271 e. The third-order valence-corrected chi connectivity index (χ3v) is 6.47. The van der Waals surface area contributed by atoms with Gasteiger partial charge in [0.1, 0.15) is 11.2 Å². The quantitative estimate of drug-likeness (QED) is 0.637. The lowest BCUT2D eigenvalue weighted by molar-refractivity contribution is -0.134. The van der Waals surface area contributed by atoms with E-state index in [-0.39, 0.29) is 24.3 Å². The summed E-state index contributed by atoms with van der Waals surface area (Å²) in [6.07, 6.45) is 0. The Morgan fingerprint density at radius 2 is 1.97 bits per heavy atom. The second kappa shape index (κ2) is 7.95. The van der Waals surface area contributed by atoms with Crippen molar-refractivity contribution in [3.05, 3.63) is 58.4 Å². The molecule has 30 heavy (non-hydrogen) atoms. The van der Waals surface area contributed by atoms with Crippen molar-refractivity contribution in [3.8, 4) is 0 Å². The predicted octanol–water partition coefficient (Wildman–Crippen LogP) is 2.37. The van der Waals surface area contributed by atoms with Crippen LogP contribution in [0.2, 0.25) is 0 Å². The fourth-order valence-electron chi connectivity index (χ4n) is 4.01.